The topological polar surface area (TPSA) is 41.1 Å². The van der Waals surface area contributed by atoms with E-state index in [1.54, 1.807) is 0 Å². The van der Waals surface area contributed by atoms with Crippen molar-refractivity contribution in [3.63, 3.8) is 0 Å². The van der Waals surface area contributed by atoms with Crippen molar-refractivity contribution in [1.29, 1.82) is 0 Å². The summed E-state index contributed by atoms with van der Waals surface area (Å²) in [5, 5.41) is 6.39. The van der Waals surface area contributed by atoms with Crippen molar-refractivity contribution in [2.75, 3.05) is 19.6 Å². The second kappa shape index (κ2) is 4.12. The second-order valence-corrected chi connectivity index (χ2v) is 5.62. The Hall–Kier alpha value is -0.570. The van der Waals surface area contributed by atoms with Gasteiger partial charge in [-0.3, -0.25) is 4.79 Å². The Morgan fingerprint density at radius 2 is 2.20 bits per heavy atom. The third-order valence-corrected chi connectivity index (χ3v) is 4.10. The van der Waals surface area contributed by atoms with Crippen LogP contribution in [0, 0.1) is 17.3 Å². The summed E-state index contributed by atoms with van der Waals surface area (Å²) in [6.45, 7) is 7.12. The van der Waals surface area contributed by atoms with Gasteiger partial charge in [0.2, 0.25) is 5.91 Å². The van der Waals surface area contributed by atoms with E-state index in [1.165, 1.54) is 19.3 Å². The molecule has 0 aromatic carbocycles. The highest BCUT2D eigenvalue weighted by atomic mass is 16.1. The van der Waals surface area contributed by atoms with Crippen LogP contribution in [0.15, 0.2) is 0 Å². The van der Waals surface area contributed by atoms with Gasteiger partial charge in [0.05, 0.1) is 5.92 Å². The number of carbonyl (C=O) groups excluding carboxylic acids is 1. The van der Waals surface area contributed by atoms with Crippen LogP contribution in [0.5, 0.6) is 0 Å². The van der Waals surface area contributed by atoms with Crippen LogP contribution in [0.25, 0.3) is 0 Å². The highest BCUT2D eigenvalue weighted by Gasteiger charge is 2.34. The minimum absolute atomic E-state index is 0.189. The van der Waals surface area contributed by atoms with Crippen LogP contribution >= 0.6 is 0 Å². The van der Waals surface area contributed by atoms with Crippen molar-refractivity contribution in [3.05, 3.63) is 0 Å². The molecule has 2 unspecified atom stereocenters. The molecule has 1 aliphatic carbocycles. The van der Waals surface area contributed by atoms with Crippen LogP contribution in [-0.2, 0) is 4.79 Å². The van der Waals surface area contributed by atoms with E-state index >= 15 is 0 Å². The predicted octanol–water partition coefficient (Wildman–Crippen LogP) is 1.15. The molecule has 3 heteroatoms. The number of nitrogens with one attached hydrogen (secondary N) is 2. The van der Waals surface area contributed by atoms with Crippen LogP contribution < -0.4 is 10.6 Å². The SMILES string of the molecule is CC1CNCC1C(=O)NCC1(C)CCC1. The van der Waals surface area contributed by atoms with E-state index < -0.39 is 0 Å². The molecule has 0 bridgehead atoms. The molecule has 1 saturated heterocycles. The van der Waals surface area contributed by atoms with Gasteiger partial charge in [0.25, 0.3) is 0 Å². The van der Waals surface area contributed by atoms with Crippen LogP contribution in [0.1, 0.15) is 33.1 Å². The summed E-state index contributed by atoms with van der Waals surface area (Å²) in [4.78, 5) is 11.9. The molecule has 3 nitrogen and oxygen atoms in total. The van der Waals surface area contributed by atoms with Gasteiger partial charge in [-0.25, -0.2) is 0 Å². The molecule has 0 aromatic rings. The zero-order valence-corrected chi connectivity index (χ0v) is 9.81. The Balaban J connectivity index is 1.76. The van der Waals surface area contributed by atoms with E-state index in [4.69, 9.17) is 0 Å². The van der Waals surface area contributed by atoms with Gasteiger partial charge < -0.3 is 10.6 Å². The van der Waals surface area contributed by atoms with Crippen LogP contribution in [0.2, 0.25) is 0 Å². The number of rotatable bonds is 3. The third-order valence-electron chi connectivity index (χ3n) is 4.10. The summed E-state index contributed by atoms with van der Waals surface area (Å²) in [7, 11) is 0. The maximum Gasteiger partial charge on any atom is 0.224 e. The average Bonchev–Trinajstić information content (AvgIpc) is 2.58. The van der Waals surface area contributed by atoms with Crippen molar-refractivity contribution in [2.24, 2.45) is 17.3 Å². The Kier molecular flexibility index (Phi) is 3.01. The van der Waals surface area contributed by atoms with E-state index in [-0.39, 0.29) is 11.8 Å². The first kappa shape index (κ1) is 10.9. The molecule has 15 heavy (non-hydrogen) atoms. The van der Waals surface area contributed by atoms with E-state index in [0.29, 0.717) is 11.3 Å². The maximum absolute atomic E-state index is 11.9. The molecule has 0 aromatic heterocycles. The minimum Gasteiger partial charge on any atom is -0.355 e. The van der Waals surface area contributed by atoms with E-state index in [0.717, 1.165) is 19.6 Å². The smallest absolute Gasteiger partial charge is 0.224 e. The van der Waals surface area contributed by atoms with Gasteiger partial charge in [-0.05, 0) is 30.7 Å². The molecule has 2 atom stereocenters. The Morgan fingerprint density at radius 1 is 1.47 bits per heavy atom. The van der Waals surface area contributed by atoms with Gasteiger partial charge in [-0.2, -0.15) is 0 Å². The first-order chi connectivity index (χ1) is 7.11. The van der Waals surface area contributed by atoms with Crippen molar-refractivity contribution in [3.8, 4) is 0 Å². The summed E-state index contributed by atoms with van der Waals surface area (Å²) in [6, 6.07) is 0. The normalized spacial score (nSPS) is 33.5. The Bertz CT molecular complexity index is 248. The minimum atomic E-state index is 0.189. The maximum atomic E-state index is 11.9. The lowest BCUT2D eigenvalue weighted by Crippen LogP contribution is -2.43. The van der Waals surface area contributed by atoms with Crippen molar-refractivity contribution in [2.45, 2.75) is 33.1 Å². The number of hydrogen-bond acceptors (Lipinski definition) is 2. The molecule has 1 heterocycles. The second-order valence-electron chi connectivity index (χ2n) is 5.62. The van der Waals surface area contributed by atoms with Crippen LogP contribution in [0.4, 0.5) is 0 Å². The van der Waals surface area contributed by atoms with Gasteiger partial charge in [0.15, 0.2) is 0 Å². The zero-order valence-electron chi connectivity index (χ0n) is 9.81. The molecule has 2 fully saturated rings. The van der Waals surface area contributed by atoms with Crippen molar-refractivity contribution >= 4 is 5.91 Å². The third kappa shape index (κ3) is 2.33. The standard InChI is InChI=1S/C12H22N2O/c1-9-6-13-7-10(9)11(15)14-8-12(2)4-3-5-12/h9-10,13H,3-8H2,1-2H3,(H,14,15). The highest BCUT2D eigenvalue weighted by molar-refractivity contribution is 5.79. The van der Waals surface area contributed by atoms with E-state index in [9.17, 15) is 4.79 Å². The van der Waals surface area contributed by atoms with Crippen molar-refractivity contribution < 1.29 is 4.79 Å². The van der Waals surface area contributed by atoms with E-state index in [2.05, 4.69) is 24.5 Å². The van der Waals surface area contributed by atoms with Gasteiger partial charge >= 0.3 is 0 Å². The molecule has 2 rings (SSSR count). The molecule has 86 valence electrons. The first-order valence-electron chi connectivity index (χ1n) is 6.09. The summed E-state index contributed by atoms with van der Waals surface area (Å²) >= 11 is 0. The fourth-order valence-electron chi connectivity index (χ4n) is 2.55. The zero-order chi connectivity index (χ0) is 10.9. The molecular weight excluding hydrogens is 188 g/mol. The summed E-state index contributed by atoms with van der Waals surface area (Å²) in [6.07, 6.45) is 3.87. The van der Waals surface area contributed by atoms with Crippen LogP contribution in [-0.4, -0.2) is 25.5 Å². The molecule has 1 amide bonds. The van der Waals surface area contributed by atoms with Gasteiger partial charge in [-0.15, -0.1) is 0 Å². The largest absolute Gasteiger partial charge is 0.355 e. The highest BCUT2D eigenvalue weighted by Crippen LogP contribution is 2.39. The summed E-state index contributed by atoms with van der Waals surface area (Å²) in [5.41, 5.74) is 0.394. The lowest BCUT2D eigenvalue weighted by atomic mass is 9.70. The predicted molar refractivity (Wildman–Crippen MR) is 60.5 cm³/mol. The summed E-state index contributed by atoms with van der Waals surface area (Å²) < 4.78 is 0. The van der Waals surface area contributed by atoms with Crippen molar-refractivity contribution in [1.82, 2.24) is 10.6 Å². The van der Waals surface area contributed by atoms with Gasteiger partial charge in [-0.1, -0.05) is 20.3 Å². The molecule has 0 radical (unpaired) electrons. The Labute approximate surface area is 92.0 Å². The molecule has 0 spiro atoms. The fourth-order valence-corrected chi connectivity index (χ4v) is 2.55. The molecule has 2 aliphatic rings. The fraction of sp³-hybridized carbons (Fsp3) is 0.917. The molecular formula is C12H22N2O. The lowest BCUT2D eigenvalue weighted by Gasteiger charge is -2.38. The lowest BCUT2D eigenvalue weighted by molar-refractivity contribution is -0.126. The average molecular weight is 210 g/mol. The monoisotopic (exact) mass is 210 g/mol. The number of carbonyl (C=O) groups is 1. The Morgan fingerprint density at radius 3 is 2.67 bits per heavy atom. The molecule has 1 saturated carbocycles. The van der Waals surface area contributed by atoms with Gasteiger partial charge in [0, 0.05) is 13.1 Å². The molecule has 1 aliphatic heterocycles. The molecule has 2 N–H and O–H groups in total. The first-order valence-corrected chi connectivity index (χ1v) is 6.09. The van der Waals surface area contributed by atoms with E-state index in [1.807, 2.05) is 0 Å². The number of hydrogen-bond donors (Lipinski definition) is 2. The number of amides is 1. The van der Waals surface area contributed by atoms with Crippen LogP contribution in [0.3, 0.4) is 0 Å². The quantitative estimate of drug-likeness (QED) is 0.733. The summed E-state index contributed by atoms with van der Waals surface area (Å²) in [5.74, 6) is 0.925. The van der Waals surface area contributed by atoms with Gasteiger partial charge in [0.1, 0.15) is 0 Å².